The van der Waals surface area contributed by atoms with E-state index in [-0.39, 0.29) is 11.7 Å². The van der Waals surface area contributed by atoms with Gasteiger partial charge in [0, 0.05) is 12.8 Å². The molecule has 1 amide bonds. The molecular weight excluding hydrogens is 216 g/mol. The van der Waals surface area contributed by atoms with E-state index in [2.05, 4.69) is 4.99 Å². The Kier molecular flexibility index (Phi) is 3.23. The summed E-state index contributed by atoms with van der Waals surface area (Å²) in [7, 11) is 0. The topological polar surface area (TPSA) is 52.9 Å². The van der Waals surface area contributed by atoms with Crippen LogP contribution in [0.1, 0.15) is 17.3 Å². The number of rotatable bonds is 2. The highest BCUT2D eigenvalue weighted by molar-refractivity contribution is 6.03. The largest absolute Gasteiger partial charge is 0.506 e. The van der Waals surface area contributed by atoms with Crippen LogP contribution < -0.4 is 0 Å². The molecule has 1 aliphatic heterocycles. The third kappa shape index (κ3) is 2.20. The molecule has 0 unspecified atom stereocenters. The van der Waals surface area contributed by atoms with Crippen molar-refractivity contribution in [3.05, 3.63) is 35.9 Å². The minimum absolute atomic E-state index is 0.0417. The predicted octanol–water partition coefficient (Wildman–Crippen LogP) is 2.13. The maximum Gasteiger partial charge on any atom is 0.256 e. The van der Waals surface area contributed by atoms with E-state index < -0.39 is 0 Å². The summed E-state index contributed by atoms with van der Waals surface area (Å²) in [6.45, 7) is 2.92. The van der Waals surface area contributed by atoms with Crippen molar-refractivity contribution in [2.45, 2.75) is 6.92 Å². The summed E-state index contributed by atoms with van der Waals surface area (Å²) in [4.78, 5) is 18.0. The highest BCUT2D eigenvalue weighted by Crippen LogP contribution is 2.31. The fourth-order valence-corrected chi connectivity index (χ4v) is 1.71. The number of fused-ring (bicyclic) bond motifs is 1. The molecule has 4 nitrogen and oxygen atoms in total. The standard InChI is InChI=1S/C13H14N2O2/c1-2-3-8-15-9-7-14-12-10(13(15)17)5-4-6-11(12)16/h2-7,16H,8-9H2,1H3/b3-2+. The number of benzene rings is 1. The van der Waals surface area contributed by atoms with Crippen LogP contribution in [0.3, 0.4) is 0 Å². The van der Waals surface area contributed by atoms with Gasteiger partial charge in [0.15, 0.2) is 0 Å². The lowest BCUT2D eigenvalue weighted by Crippen LogP contribution is -2.31. The minimum atomic E-state index is -0.105. The molecule has 1 aromatic carbocycles. The highest BCUT2D eigenvalue weighted by atomic mass is 16.3. The fraction of sp³-hybridized carbons (Fsp3) is 0.231. The van der Waals surface area contributed by atoms with Crippen molar-refractivity contribution < 1.29 is 9.90 Å². The van der Waals surface area contributed by atoms with Crippen LogP contribution in [0, 0.1) is 0 Å². The Hall–Kier alpha value is -2.10. The number of amides is 1. The van der Waals surface area contributed by atoms with Crippen molar-refractivity contribution in [1.29, 1.82) is 0 Å². The zero-order valence-electron chi connectivity index (χ0n) is 9.63. The van der Waals surface area contributed by atoms with Gasteiger partial charge < -0.3 is 10.0 Å². The average Bonchev–Trinajstić information content (AvgIpc) is 2.49. The molecule has 0 bridgehead atoms. The molecule has 0 saturated heterocycles. The summed E-state index contributed by atoms with van der Waals surface area (Å²) in [6, 6.07) is 4.87. The Morgan fingerprint density at radius 3 is 3.12 bits per heavy atom. The predicted molar refractivity (Wildman–Crippen MR) is 67.0 cm³/mol. The Bertz CT molecular complexity index is 492. The van der Waals surface area contributed by atoms with Crippen molar-refractivity contribution in [2.24, 2.45) is 4.99 Å². The van der Waals surface area contributed by atoms with E-state index in [0.717, 1.165) is 0 Å². The Labute approximate surface area is 99.9 Å². The van der Waals surface area contributed by atoms with Gasteiger partial charge in [-0.1, -0.05) is 18.2 Å². The quantitative estimate of drug-likeness (QED) is 0.791. The zero-order chi connectivity index (χ0) is 12.3. The third-order valence-corrected chi connectivity index (χ3v) is 2.62. The number of hydrogen-bond acceptors (Lipinski definition) is 3. The van der Waals surface area contributed by atoms with E-state index >= 15 is 0 Å². The van der Waals surface area contributed by atoms with Crippen molar-refractivity contribution in [3.8, 4) is 5.75 Å². The molecular formula is C13H14N2O2. The van der Waals surface area contributed by atoms with Crippen LogP contribution in [0.15, 0.2) is 35.3 Å². The Morgan fingerprint density at radius 1 is 1.53 bits per heavy atom. The molecule has 1 aromatic rings. The molecule has 88 valence electrons. The Balaban J connectivity index is 2.38. The van der Waals surface area contributed by atoms with Crippen molar-refractivity contribution in [1.82, 2.24) is 4.90 Å². The van der Waals surface area contributed by atoms with E-state index in [1.807, 2.05) is 19.1 Å². The van der Waals surface area contributed by atoms with Gasteiger partial charge in [-0.05, 0) is 19.1 Å². The lowest BCUT2D eigenvalue weighted by molar-refractivity contribution is 0.0799. The molecule has 0 radical (unpaired) electrons. The summed E-state index contributed by atoms with van der Waals surface area (Å²) >= 11 is 0. The van der Waals surface area contributed by atoms with E-state index in [4.69, 9.17) is 0 Å². The number of hydrogen-bond donors (Lipinski definition) is 1. The highest BCUT2D eigenvalue weighted by Gasteiger charge is 2.21. The van der Waals surface area contributed by atoms with Gasteiger partial charge in [0.2, 0.25) is 0 Å². The lowest BCUT2D eigenvalue weighted by Gasteiger charge is -2.17. The maximum atomic E-state index is 12.2. The van der Waals surface area contributed by atoms with Crippen LogP contribution in [0.5, 0.6) is 5.75 Å². The molecule has 17 heavy (non-hydrogen) atoms. The molecule has 0 aromatic heterocycles. The molecule has 0 aliphatic carbocycles. The number of carbonyl (C=O) groups excluding carboxylic acids is 1. The van der Waals surface area contributed by atoms with E-state index in [9.17, 15) is 9.90 Å². The van der Waals surface area contributed by atoms with E-state index in [0.29, 0.717) is 24.3 Å². The summed E-state index contributed by atoms with van der Waals surface area (Å²) in [5.74, 6) is -0.0634. The molecule has 0 fully saturated rings. The molecule has 1 aliphatic rings. The van der Waals surface area contributed by atoms with Gasteiger partial charge in [-0.2, -0.15) is 0 Å². The summed E-state index contributed by atoms with van der Waals surface area (Å²) in [5, 5.41) is 9.66. The molecule has 1 heterocycles. The van der Waals surface area contributed by atoms with Crippen LogP contribution in [0.2, 0.25) is 0 Å². The van der Waals surface area contributed by atoms with Gasteiger partial charge in [-0.15, -0.1) is 0 Å². The monoisotopic (exact) mass is 230 g/mol. The van der Waals surface area contributed by atoms with Gasteiger partial charge in [0.25, 0.3) is 5.91 Å². The summed E-state index contributed by atoms with van der Waals surface area (Å²) < 4.78 is 0. The second kappa shape index (κ2) is 4.82. The van der Waals surface area contributed by atoms with Gasteiger partial charge in [-0.25, -0.2) is 0 Å². The number of nitrogens with zero attached hydrogens (tertiary/aromatic N) is 2. The number of aromatic hydroxyl groups is 1. The van der Waals surface area contributed by atoms with Crippen LogP contribution >= 0.6 is 0 Å². The number of phenolic OH excluding ortho intramolecular Hbond substituents is 1. The fourth-order valence-electron chi connectivity index (χ4n) is 1.71. The number of carbonyl (C=O) groups is 1. The molecule has 0 saturated carbocycles. The van der Waals surface area contributed by atoms with Crippen LogP contribution in [0.4, 0.5) is 5.69 Å². The first-order chi connectivity index (χ1) is 8.24. The van der Waals surface area contributed by atoms with Crippen LogP contribution in [0.25, 0.3) is 0 Å². The van der Waals surface area contributed by atoms with E-state index in [1.165, 1.54) is 6.07 Å². The number of para-hydroxylation sites is 1. The lowest BCUT2D eigenvalue weighted by atomic mass is 10.1. The number of allylic oxidation sites excluding steroid dienone is 1. The van der Waals surface area contributed by atoms with E-state index in [1.54, 1.807) is 23.2 Å². The van der Waals surface area contributed by atoms with Gasteiger partial charge >= 0.3 is 0 Å². The van der Waals surface area contributed by atoms with Crippen LogP contribution in [-0.4, -0.2) is 35.2 Å². The molecule has 0 spiro atoms. The second-order valence-electron chi connectivity index (χ2n) is 3.76. The maximum absolute atomic E-state index is 12.2. The first kappa shape index (κ1) is 11.4. The first-order valence-corrected chi connectivity index (χ1v) is 5.49. The molecule has 2 rings (SSSR count). The molecule has 1 N–H and O–H groups in total. The number of phenols is 1. The number of aliphatic imine (C=N–C) groups is 1. The summed E-state index contributed by atoms with van der Waals surface area (Å²) in [6.07, 6.45) is 5.46. The second-order valence-corrected chi connectivity index (χ2v) is 3.76. The van der Waals surface area contributed by atoms with Gasteiger partial charge in [-0.3, -0.25) is 9.79 Å². The Morgan fingerprint density at radius 2 is 2.35 bits per heavy atom. The van der Waals surface area contributed by atoms with Crippen molar-refractivity contribution >= 4 is 17.8 Å². The van der Waals surface area contributed by atoms with Crippen LogP contribution in [-0.2, 0) is 0 Å². The third-order valence-electron chi connectivity index (χ3n) is 2.62. The van der Waals surface area contributed by atoms with Crippen molar-refractivity contribution in [3.63, 3.8) is 0 Å². The SMILES string of the molecule is C/C=C/CN1CC=Nc2c(O)cccc2C1=O. The average molecular weight is 230 g/mol. The van der Waals surface area contributed by atoms with Crippen molar-refractivity contribution in [2.75, 3.05) is 13.1 Å². The summed E-state index contributed by atoms with van der Waals surface area (Å²) in [5.41, 5.74) is 0.809. The zero-order valence-corrected chi connectivity index (χ0v) is 9.63. The molecule has 4 heteroatoms. The van der Waals surface area contributed by atoms with Gasteiger partial charge in [0.1, 0.15) is 11.4 Å². The first-order valence-electron chi connectivity index (χ1n) is 5.49. The molecule has 0 atom stereocenters. The normalized spacial score (nSPS) is 15.1. The minimum Gasteiger partial charge on any atom is -0.506 e. The smallest absolute Gasteiger partial charge is 0.256 e. The van der Waals surface area contributed by atoms with Gasteiger partial charge in [0.05, 0.1) is 12.1 Å².